The molecule has 0 radical (unpaired) electrons. The lowest BCUT2D eigenvalue weighted by atomic mass is 9.93. The molecule has 1 aromatic carbocycles. The Labute approximate surface area is 171 Å². The molecule has 1 amide bonds. The van der Waals surface area contributed by atoms with E-state index in [1.165, 1.54) is 30.4 Å². The molecule has 4 nitrogen and oxygen atoms in total. The maximum Gasteiger partial charge on any atom is 0.223 e. The van der Waals surface area contributed by atoms with Gasteiger partial charge < -0.3 is 15.0 Å². The fourth-order valence-electron chi connectivity index (χ4n) is 4.49. The molecule has 1 unspecified atom stereocenters. The molecule has 2 aliphatic rings. The lowest BCUT2D eigenvalue weighted by Gasteiger charge is -2.29. The maximum absolute atomic E-state index is 13.2. The summed E-state index contributed by atoms with van der Waals surface area (Å²) in [5.74, 6) is 1.18. The van der Waals surface area contributed by atoms with Crippen LogP contribution in [0.2, 0.25) is 0 Å². The van der Waals surface area contributed by atoms with Crippen LogP contribution in [0.1, 0.15) is 43.7 Å². The lowest BCUT2D eigenvalue weighted by Crippen LogP contribution is -2.39. The lowest BCUT2D eigenvalue weighted by molar-refractivity contribution is -0.133. The number of thiophene rings is 1. The highest BCUT2D eigenvalue weighted by Crippen LogP contribution is 2.56. The van der Waals surface area contributed by atoms with Gasteiger partial charge in [0.15, 0.2) is 0 Å². The first-order valence-corrected chi connectivity index (χ1v) is 11.4. The third-order valence-corrected chi connectivity index (χ3v) is 6.97. The van der Waals surface area contributed by atoms with Crippen molar-refractivity contribution >= 4 is 17.2 Å². The van der Waals surface area contributed by atoms with Gasteiger partial charge in [-0.3, -0.25) is 4.79 Å². The van der Waals surface area contributed by atoms with Crippen molar-refractivity contribution in [1.82, 2.24) is 10.2 Å². The van der Waals surface area contributed by atoms with Gasteiger partial charge in [0.1, 0.15) is 5.75 Å². The van der Waals surface area contributed by atoms with Gasteiger partial charge in [0.05, 0.1) is 6.61 Å². The molecule has 1 saturated carbocycles. The average Bonchev–Trinajstić information content (AvgIpc) is 3.14. The minimum Gasteiger partial charge on any atom is -0.494 e. The van der Waals surface area contributed by atoms with Crippen LogP contribution in [-0.2, 0) is 17.8 Å². The molecule has 0 bridgehead atoms. The number of aryl methyl sites for hydroxylation is 1. The number of hydrogen-bond donors (Lipinski definition) is 1. The van der Waals surface area contributed by atoms with E-state index in [2.05, 4.69) is 39.2 Å². The van der Waals surface area contributed by atoms with Crippen LogP contribution in [0, 0.1) is 5.41 Å². The summed E-state index contributed by atoms with van der Waals surface area (Å²) in [7, 11) is 0. The first-order chi connectivity index (χ1) is 13.7. The zero-order chi connectivity index (χ0) is 19.4. The van der Waals surface area contributed by atoms with Crippen molar-refractivity contribution in [3.63, 3.8) is 0 Å². The van der Waals surface area contributed by atoms with Crippen LogP contribution in [0.4, 0.5) is 0 Å². The summed E-state index contributed by atoms with van der Waals surface area (Å²) in [5, 5.41) is 7.74. The predicted octanol–water partition coefficient (Wildman–Crippen LogP) is 4.25. The highest BCUT2D eigenvalue weighted by Gasteiger charge is 2.57. The molecule has 1 saturated heterocycles. The van der Waals surface area contributed by atoms with Crippen molar-refractivity contribution in [2.75, 3.05) is 19.7 Å². The van der Waals surface area contributed by atoms with Crippen LogP contribution in [0.3, 0.4) is 0 Å². The summed E-state index contributed by atoms with van der Waals surface area (Å²) < 4.78 is 5.51. The van der Waals surface area contributed by atoms with Crippen LogP contribution in [0.25, 0.3) is 0 Å². The van der Waals surface area contributed by atoms with Gasteiger partial charge >= 0.3 is 0 Å². The Hall–Kier alpha value is -1.85. The van der Waals surface area contributed by atoms with Gasteiger partial charge in [0, 0.05) is 19.0 Å². The Morgan fingerprint density at radius 1 is 1.21 bits per heavy atom. The third kappa shape index (κ3) is 4.41. The van der Waals surface area contributed by atoms with Crippen LogP contribution in [0.15, 0.2) is 41.1 Å². The molecule has 5 heteroatoms. The van der Waals surface area contributed by atoms with E-state index in [9.17, 15) is 4.79 Å². The van der Waals surface area contributed by atoms with Crippen molar-refractivity contribution in [1.29, 1.82) is 0 Å². The normalized spacial score (nSPS) is 20.1. The second-order valence-corrected chi connectivity index (χ2v) is 8.84. The van der Waals surface area contributed by atoms with E-state index in [0.29, 0.717) is 30.4 Å². The number of nitrogens with one attached hydrogen (secondary N) is 1. The molecule has 1 atom stereocenters. The molecule has 1 spiro atoms. The van der Waals surface area contributed by atoms with Crippen LogP contribution in [-0.4, -0.2) is 36.5 Å². The summed E-state index contributed by atoms with van der Waals surface area (Å²) in [6, 6.07) is 10.7. The highest BCUT2D eigenvalue weighted by atomic mass is 32.1. The number of rotatable bonds is 8. The quantitative estimate of drug-likeness (QED) is 0.723. The largest absolute Gasteiger partial charge is 0.494 e. The Bertz CT molecular complexity index is 766. The zero-order valence-electron chi connectivity index (χ0n) is 16.7. The van der Waals surface area contributed by atoms with Gasteiger partial charge in [0.25, 0.3) is 0 Å². The van der Waals surface area contributed by atoms with Gasteiger partial charge in [-0.2, -0.15) is 11.3 Å². The first kappa shape index (κ1) is 19.5. The van der Waals surface area contributed by atoms with Crippen molar-refractivity contribution < 1.29 is 9.53 Å². The van der Waals surface area contributed by atoms with E-state index in [1.807, 2.05) is 19.1 Å². The van der Waals surface area contributed by atoms with E-state index in [0.717, 1.165) is 31.8 Å². The Morgan fingerprint density at radius 2 is 2.00 bits per heavy atom. The summed E-state index contributed by atoms with van der Waals surface area (Å²) >= 11 is 1.71. The van der Waals surface area contributed by atoms with Crippen LogP contribution in [0.5, 0.6) is 5.75 Å². The molecule has 28 heavy (non-hydrogen) atoms. The highest BCUT2D eigenvalue weighted by molar-refractivity contribution is 7.07. The fourth-order valence-corrected chi connectivity index (χ4v) is 5.15. The van der Waals surface area contributed by atoms with Gasteiger partial charge in [0.2, 0.25) is 5.91 Å². The Kier molecular flexibility index (Phi) is 6.02. The van der Waals surface area contributed by atoms with E-state index in [-0.39, 0.29) is 0 Å². The molecule has 1 aliphatic carbocycles. The van der Waals surface area contributed by atoms with Gasteiger partial charge in [-0.25, -0.2) is 0 Å². The number of nitrogens with zero attached hydrogens (tertiary/aromatic N) is 1. The summed E-state index contributed by atoms with van der Waals surface area (Å²) in [6.07, 6.45) is 4.93. The van der Waals surface area contributed by atoms with Crippen LogP contribution >= 0.6 is 11.3 Å². The molecular formula is C23H30N2O2S. The first-order valence-electron chi connectivity index (χ1n) is 10.4. The number of amides is 1. The van der Waals surface area contributed by atoms with Crippen molar-refractivity contribution in [3.8, 4) is 5.75 Å². The van der Waals surface area contributed by atoms with Gasteiger partial charge in [-0.15, -0.1) is 0 Å². The summed E-state index contributed by atoms with van der Waals surface area (Å²) in [4.78, 5) is 15.4. The second-order valence-electron chi connectivity index (χ2n) is 8.06. The SMILES string of the molecule is CCOc1ccc(CCC(=O)N(Cc2ccsc2)C2CC23CCNCC3)cc1. The van der Waals surface area contributed by atoms with E-state index < -0.39 is 0 Å². The third-order valence-electron chi connectivity index (χ3n) is 6.24. The molecule has 1 aromatic heterocycles. The molecule has 1 aliphatic heterocycles. The van der Waals surface area contributed by atoms with E-state index in [4.69, 9.17) is 4.74 Å². The molecule has 2 fully saturated rings. The topological polar surface area (TPSA) is 41.6 Å². The number of carbonyl (C=O) groups excluding carboxylic acids is 1. The molecular weight excluding hydrogens is 368 g/mol. The molecule has 150 valence electrons. The smallest absolute Gasteiger partial charge is 0.223 e. The van der Waals surface area contributed by atoms with E-state index in [1.54, 1.807) is 11.3 Å². The number of benzene rings is 1. The molecule has 2 heterocycles. The number of carbonyl (C=O) groups is 1. The minimum absolute atomic E-state index is 0.292. The maximum atomic E-state index is 13.2. The average molecular weight is 399 g/mol. The van der Waals surface area contributed by atoms with Crippen molar-refractivity contribution in [3.05, 3.63) is 52.2 Å². The molecule has 2 aromatic rings. The number of piperidine rings is 1. The standard InChI is InChI=1S/C23H30N2O2S/c1-2-27-20-6-3-18(4-7-20)5-8-22(26)25(16-19-9-14-28-17-19)21-15-23(21)10-12-24-13-11-23/h3-4,6-7,9,14,17,21,24H,2,5,8,10-13,15-16H2,1H3. The summed E-state index contributed by atoms with van der Waals surface area (Å²) in [6.45, 7) is 5.59. The second kappa shape index (κ2) is 8.66. The van der Waals surface area contributed by atoms with Gasteiger partial charge in [-0.1, -0.05) is 12.1 Å². The molecule has 1 N–H and O–H groups in total. The predicted molar refractivity (Wildman–Crippen MR) is 114 cm³/mol. The van der Waals surface area contributed by atoms with Gasteiger partial charge in [-0.05, 0) is 91.2 Å². The monoisotopic (exact) mass is 398 g/mol. The number of ether oxygens (including phenoxy) is 1. The Balaban J connectivity index is 1.40. The zero-order valence-corrected chi connectivity index (χ0v) is 17.5. The molecule has 4 rings (SSSR count). The van der Waals surface area contributed by atoms with Crippen molar-refractivity contribution in [2.45, 2.75) is 51.6 Å². The minimum atomic E-state index is 0.292. The Morgan fingerprint density at radius 3 is 2.68 bits per heavy atom. The van der Waals surface area contributed by atoms with E-state index >= 15 is 0 Å². The fraction of sp³-hybridized carbons (Fsp3) is 0.522. The van der Waals surface area contributed by atoms with Crippen molar-refractivity contribution in [2.24, 2.45) is 5.41 Å². The number of hydrogen-bond acceptors (Lipinski definition) is 4. The summed E-state index contributed by atoms with van der Waals surface area (Å²) in [5.41, 5.74) is 2.82. The van der Waals surface area contributed by atoms with Crippen LogP contribution < -0.4 is 10.1 Å².